The molecule has 0 bridgehead atoms. The number of ether oxygens (including phenoxy) is 1. The highest BCUT2D eigenvalue weighted by Crippen LogP contribution is 1.99. The van der Waals surface area contributed by atoms with E-state index in [4.69, 9.17) is 9.84 Å². The van der Waals surface area contributed by atoms with Crippen LogP contribution in [-0.2, 0) is 9.53 Å². The van der Waals surface area contributed by atoms with Crippen molar-refractivity contribution >= 4 is 5.78 Å². The van der Waals surface area contributed by atoms with E-state index in [1.54, 1.807) is 6.92 Å². The van der Waals surface area contributed by atoms with Gasteiger partial charge in [0.15, 0.2) is 5.78 Å². The second-order valence-corrected chi connectivity index (χ2v) is 5.17. The van der Waals surface area contributed by atoms with E-state index in [1.807, 2.05) is 41.5 Å². The van der Waals surface area contributed by atoms with Crippen molar-refractivity contribution in [1.82, 2.24) is 0 Å². The van der Waals surface area contributed by atoms with Gasteiger partial charge in [0.25, 0.3) is 0 Å². The fourth-order valence-corrected chi connectivity index (χ4v) is 0.997. The van der Waals surface area contributed by atoms with Gasteiger partial charge in [0.2, 0.25) is 0 Å². The van der Waals surface area contributed by atoms with Gasteiger partial charge in [-0.2, -0.15) is 0 Å². The molecule has 0 heterocycles. The van der Waals surface area contributed by atoms with Gasteiger partial charge in [-0.25, -0.2) is 0 Å². The van der Waals surface area contributed by atoms with E-state index in [9.17, 15) is 4.79 Å². The summed E-state index contributed by atoms with van der Waals surface area (Å²) < 4.78 is 4.89. The van der Waals surface area contributed by atoms with Crippen molar-refractivity contribution in [1.29, 1.82) is 0 Å². The lowest BCUT2D eigenvalue weighted by molar-refractivity contribution is -0.121. The topological polar surface area (TPSA) is 46.5 Å². The van der Waals surface area contributed by atoms with Crippen LogP contribution in [0.3, 0.4) is 0 Å². The molecule has 0 aliphatic heterocycles. The van der Waals surface area contributed by atoms with Gasteiger partial charge in [-0.15, -0.1) is 0 Å². The maximum absolute atomic E-state index is 10.2. The highest BCUT2D eigenvalue weighted by molar-refractivity contribution is 5.76. The summed E-state index contributed by atoms with van der Waals surface area (Å²) in [6, 6.07) is 8.48. The summed E-state index contributed by atoms with van der Waals surface area (Å²) in [5, 5.41) is 8.36. The molecule has 1 atom stereocenters. The van der Waals surface area contributed by atoms with Crippen molar-refractivity contribution in [3.05, 3.63) is 35.4 Å². The molecule has 0 fully saturated rings. The summed E-state index contributed by atoms with van der Waals surface area (Å²) in [5.41, 5.74) is 2.66. The summed E-state index contributed by atoms with van der Waals surface area (Å²) in [7, 11) is 0. The van der Waals surface area contributed by atoms with Crippen LogP contribution in [0, 0.1) is 13.8 Å². The minimum Gasteiger partial charge on any atom is -0.393 e. The number of hydrogen-bond donors (Lipinski definition) is 1. The normalized spacial score (nSPS) is 9.40. The first-order chi connectivity index (χ1) is 11.8. The molecule has 0 aliphatic rings. The predicted octanol–water partition coefficient (Wildman–Crippen LogP) is 6.14. The molecule has 3 nitrogen and oxygen atoms in total. The van der Waals surface area contributed by atoms with Gasteiger partial charge < -0.3 is 9.84 Å². The van der Waals surface area contributed by atoms with Crippen LogP contribution in [0.2, 0.25) is 0 Å². The van der Waals surface area contributed by atoms with Crippen LogP contribution in [0.1, 0.15) is 79.4 Å². The summed E-state index contributed by atoms with van der Waals surface area (Å²) in [5.74, 6) is 0.0958. The molecule has 1 N–H and O–H groups in total. The van der Waals surface area contributed by atoms with Crippen LogP contribution in [0.5, 0.6) is 0 Å². The number of ketones is 1. The smallest absolute Gasteiger partial charge is 0.155 e. The molecule has 25 heavy (non-hydrogen) atoms. The van der Waals surface area contributed by atoms with Crippen LogP contribution in [0.25, 0.3) is 0 Å². The molecule has 0 saturated carbocycles. The van der Waals surface area contributed by atoms with Crippen molar-refractivity contribution in [2.45, 2.75) is 88.2 Å². The van der Waals surface area contributed by atoms with Crippen molar-refractivity contribution in [2.24, 2.45) is 0 Å². The predicted molar refractivity (Wildman–Crippen MR) is 112 cm³/mol. The van der Waals surface area contributed by atoms with E-state index in [0.29, 0.717) is 6.61 Å². The Kier molecular flexibility index (Phi) is 34.9. The van der Waals surface area contributed by atoms with Crippen LogP contribution < -0.4 is 0 Å². The average Bonchev–Trinajstić information content (AvgIpc) is 2.62. The van der Waals surface area contributed by atoms with E-state index in [0.717, 1.165) is 12.8 Å². The van der Waals surface area contributed by atoms with E-state index >= 15 is 0 Å². The lowest BCUT2D eigenvalue weighted by atomic mass is 10.2. The Morgan fingerprint density at radius 3 is 1.52 bits per heavy atom. The maximum atomic E-state index is 10.2. The van der Waals surface area contributed by atoms with Crippen LogP contribution in [0.15, 0.2) is 24.3 Å². The highest BCUT2D eigenvalue weighted by atomic mass is 16.5. The van der Waals surface area contributed by atoms with E-state index < -0.39 is 0 Å². The second kappa shape index (κ2) is 27.6. The molecule has 1 rings (SSSR count). The zero-order valence-corrected chi connectivity index (χ0v) is 18.5. The van der Waals surface area contributed by atoms with Gasteiger partial charge in [-0.3, -0.25) is 4.79 Å². The lowest BCUT2D eigenvalue weighted by Gasteiger charge is -1.95. The SMILES string of the molecule is CC.CC.CCC(C)O.CCCOCC(C)=O.Cc1ccc(C)cc1. The van der Waals surface area contributed by atoms with Crippen molar-refractivity contribution < 1.29 is 14.6 Å². The summed E-state index contributed by atoms with van der Waals surface area (Å²) in [6.07, 6.45) is 1.72. The standard InChI is InChI=1S/C8H10.C6H12O2.C4H10O.2C2H6/c1-7-3-5-8(2)6-4-7;1-3-4-8-5-6(2)7;1-3-4(2)5;2*1-2/h3-6H,1-2H3;3-5H2,1-2H3;4-5H,3H2,1-2H3;2*1-2H3. The fourth-order valence-electron chi connectivity index (χ4n) is 0.997. The zero-order chi connectivity index (χ0) is 20.7. The Morgan fingerprint density at radius 1 is 1.00 bits per heavy atom. The third-order valence-electron chi connectivity index (χ3n) is 2.46. The molecule has 0 radical (unpaired) electrons. The molecule has 0 aliphatic carbocycles. The van der Waals surface area contributed by atoms with Crippen LogP contribution >= 0.6 is 0 Å². The first-order valence-electron chi connectivity index (χ1n) is 9.61. The molecular weight excluding hydrogens is 312 g/mol. The summed E-state index contributed by atoms with van der Waals surface area (Å²) in [6.45, 7) is 20.4. The monoisotopic (exact) mass is 356 g/mol. The van der Waals surface area contributed by atoms with Crippen molar-refractivity contribution in [2.75, 3.05) is 13.2 Å². The minimum atomic E-state index is -0.116. The number of Topliss-reactive ketones (excluding diaryl/α,β-unsaturated/α-hetero) is 1. The maximum Gasteiger partial charge on any atom is 0.155 e. The molecule has 1 unspecified atom stereocenters. The lowest BCUT2D eigenvalue weighted by Crippen LogP contribution is -2.03. The molecule has 0 saturated heterocycles. The van der Waals surface area contributed by atoms with E-state index in [-0.39, 0.29) is 18.5 Å². The van der Waals surface area contributed by atoms with Gasteiger partial charge in [-0.05, 0) is 40.5 Å². The van der Waals surface area contributed by atoms with Gasteiger partial charge in [0.05, 0.1) is 6.10 Å². The molecule has 1 aromatic rings. The molecule has 150 valence electrons. The molecule has 3 heteroatoms. The molecule has 0 spiro atoms. The minimum absolute atomic E-state index is 0.0958. The Bertz CT molecular complexity index is 322. The van der Waals surface area contributed by atoms with Gasteiger partial charge >= 0.3 is 0 Å². The van der Waals surface area contributed by atoms with Crippen LogP contribution in [0.4, 0.5) is 0 Å². The van der Waals surface area contributed by atoms with Gasteiger partial charge in [-0.1, -0.05) is 76.9 Å². The zero-order valence-electron chi connectivity index (χ0n) is 18.5. The average molecular weight is 357 g/mol. The first-order valence-corrected chi connectivity index (χ1v) is 9.61. The third kappa shape index (κ3) is 39.5. The number of carbonyl (C=O) groups excluding carboxylic acids is 1. The Hall–Kier alpha value is -1.19. The van der Waals surface area contributed by atoms with Crippen molar-refractivity contribution in [3.63, 3.8) is 0 Å². The molecular formula is C22H44O3. The highest BCUT2D eigenvalue weighted by Gasteiger charge is 1.88. The number of aliphatic hydroxyl groups is 1. The number of rotatable bonds is 5. The first kappa shape index (κ1) is 31.6. The van der Waals surface area contributed by atoms with E-state index in [2.05, 4.69) is 38.1 Å². The molecule has 0 aromatic heterocycles. The second-order valence-electron chi connectivity index (χ2n) is 5.17. The molecule has 0 amide bonds. The fraction of sp³-hybridized carbons (Fsp3) is 0.682. The number of hydrogen-bond acceptors (Lipinski definition) is 3. The third-order valence-corrected chi connectivity index (χ3v) is 2.46. The van der Waals surface area contributed by atoms with Crippen LogP contribution in [-0.4, -0.2) is 30.2 Å². The van der Waals surface area contributed by atoms with Crippen molar-refractivity contribution in [3.8, 4) is 0 Å². The van der Waals surface area contributed by atoms with E-state index in [1.165, 1.54) is 18.1 Å². The summed E-state index contributed by atoms with van der Waals surface area (Å²) >= 11 is 0. The summed E-state index contributed by atoms with van der Waals surface area (Å²) in [4.78, 5) is 10.2. The number of benzene rings is 1. The molecule has 1 aromatic carbocycles. The Balaban J connectivity index is -0.000000123. The number of carbonyl (C=O) groups is 1. The van der Waals surface area contributed by atoms with Gasteiger partial charge in [0.1, 0.15) is 6.61 Å². The number of aryl methyl sites for hydroxylation is 2. The quantitative estimate of drug-likeness (QED) is 0.645. The Labute approximate surface area is 157 Å². The van der Waals surface area contributed by atoms with Gasteiger partial charge in [0, 0.05) is 6.61 Å². The Morgan fingerprint density at radius 2 is 1.32 bits per heavy atom. The number of aliphatic hydroxyl groups excluding tert-OH is 1. The largest absolute Gasteiger partial charge is 0.393 e.